The van der Waals surface area contributed by atoms with Crippen molar-refractivity contribution < 1.29 is 0 Å². The van der Waals surface area contributed by atoms with Crippen LogP contribution in [-0.4, -0.2) is 10.5 Å². The standard InChI is InChI=1S/C13H16N2S/c1-13(2,14)7-10-3-5-11(6-4-10)12-8-15-9-16-12/h3-6,8-9H,7,14H2,1-2H3. The van der Waals surface area contributed by atoms with Gasteiger partial charge in [0.15, 0.2) is 0 Å². The van der Waals surface area contributed by atoms with Gasteiger partial charge in [-0.1, -0.05) is 24.3 Å². The van der Waals surface area contributed by atoms with E-state index < -0.39 is 0 Å². The number of thiazole rings is 1. The molecule has 16 heavy (non-hydrogen) atoms. The Kier molecular flexibility index (Phi) is 3.08. The van der Waals surface area contributed by atoms with Gasteiger partial charge in [-0.15, -0.1) is 11.3 Å². The van der Waals surface area contributed by atoms with Gasteiger partial charge in [-0.05, 0) is 31.4 Å². The van der Waals surface area contributed by atoms with E-state index in [9.17, 15) is 0 Å². The molecule has 0 amide bonds. The molecule has 1 aromatic carbocycles. The van der Waals surface area contributed by atoms with Crippen LogP contribution in [0.4, 0.5) is 0 Å². The van der Waals surface area contributed by atoms with Crippen LogP contribution < -0.4 is 5.73 Å². The van der Waals surface area contributed by atoms with Gasteiger partial charge < -0.3 is 5.73 Å². The van der Waals surface area contributed by atoms with Gasteiger partial charge in [-0.2, -0.15) is 0 Å². The first-order chi connectivity index (χ1) is 7.54. The average molecular weight is 232 g/mol. The lowest BCUT2D eigenvalue weighted by Gasteiger charge is -2.18. The Hall–Kier alpha value is -1.19. The topological polar surface area (TPSA) is 38.9 Å². The molecular weight excluding hydrogens is 216 g/mol. The summed E-state index contributed by atoms with van der Waals surface area (Å²) in [7, 11) is 0. The second kappa shape index (κ2) is 4.36. The van der Waals surface area contributed by atoms with Crippen molar-refractivity contribution in [1.82, 2.24) is 4.98 Å². The number of benzene rings is 1. The molecule has 0 aliphatic carbocycles. The molecule has 0 saturated carbocycles. The van der Waals surface area contributed by atoms with Crippen LogP contribution in [0.3, 0.4) is 0 Å². The predicted molar refractivity (Wildman–Crippen MR) is 69.5 cm³/mol. The molecule has 0 spiro atoms. The van der Waals surface area contributed by atoms with Crippen molar-refractivity contribution in [3.8, 4) is 10.4 Å². The Balaban J connectivity index is 2.17. The van der Waals surface area contributed by atoms with Crippen LogP contribution in [0.1, 0.15) is 19.4 Å². The maximum atomic E-state index is 5.99. The van der Waals surface area contributed by atoms with E-state index in [0.29, 0.717) is 0 Å². The third kappa shape index (κ3) is 2.90. The molecule has 2 nitrogen and oxygen atoms in total. The van der Waals surface area contributed by atoms with Gasteiger partial charge in [-0.25, -0.2) is 0 Å². The first-order valence-electron chi connectivity index (χ1n) is 5.31. The van der Waals surface area contributed by atoms with Crippen molar-refractivity contribution in [2.45, 2.75) is 25.8 Å². The predicted octanol–water partition coefficient (Wildman–Crippen LogP) is 3.09. The second-order valence-corrected chi connectivity index (χ2v) is 5.61. The van der Waals surface area contributed by atoms with Gasteiger partial charge in [0.1, 0.15) is 0 Å². The zero-order valence-corrected chi connectivity index (χ0v) is 10.4. The van der Waals surface area contributed by atoms with Crippen LogP contribution in [0.2, 0.25) is 0 Å². The van der Waals surface area contributed by atoms with Gasteiger partial charge in [0.25, 0.3) is 0 Å². The Morgan fingerprint density at radius 2 is 1.94 bits per heavy atom. The summed E-state index contributed by atoms with van der Waals surface area (Å²) in [6.45, 7) is 4.09. The molecule has 84 valence electrons. The fourth-order valence-electron chi connectivity index (χ4n) is 1.67. The lowest BCUT2D eigenvalue weighted by molar-refractivity contribution is 0.517. The van der Waals surface area contributed by atoms with E-state index in [2.05, 4.69) is 29.2 Å². The zero-order chi connectivity index (χ0) is 11.6. The van der Waals surface area contributed by atoms with Crippen LogP contribution in [0, 0.1) is 0 Å². The minimum atomic E-state index is -0.147. The fourth-order valence-corrected chi connectivity index (χ4v) is 2.30. The maximum Gasteiger partial charge on any atom is 0.0797 e. The van der Waals surface area contributed by atoms with Crippen molar-refractivity contribution in [2.24, 2.45) is 5.73 Å². The van der Waals surface area contributed by atoms with E-state index in [1.54, 1.807) is 11.3 Å². The smallest absolute Gasteiger partial charge is 0.0797 e. The van der Waals surface area contributed by atoms with Gasteiger partial charge in [0, 0.05) is 11.7 Å². The van der Waals surface area contributed by atoms with Gasteiger partial charge >= 0.3 is 0 Å². The molecule has 0 saturated heterocycles. The van der Waals surface area contributed by atoms with Gasteiger partial charge in [0.05, 0.1) is 10.4 Å². The number of nitrogens with two attached hydrogens (primary N) is 1. The molecule has 1 aromatic heterocycles. The lowest BCUT2D eigenvalue weighted by atomic mass is 9.95. The third-order valence-electron chi connectivity index (χ3n) is 2.33. The summed E-state index contributed by atoms with van der Waals surface area (Å²) in [5, 5.41) is 0. The van der Waals surface area contributed by atoms with Crippen LogP contribution in [0.25, 0.3) is 10.4 Å². The Bertz CT molecular complexity index is 438. The van der Waals surface area contributed by atoms with Crippen molar-refractivity contribution in [2.75, 3.05) is 0 Å². The average Bonchev–Trinajstić information content (AvgIpc) is 2.69. The highest BCUT2D eigenvalue weighted by Gasteiger charge is 2.11. The molecule has 0 unspecified atom stereocenters. The number of hydrogen-bond acceptors (Lipinski definition) is 3. The number of hydrogen-bond donors (Lipinski definition) is 1. The highest BCUT2D eigenvalue weighted by molar-refractivity contribution is 7.13. The summed E-state index contributed by atoms with van der Waals surface area (Å²) < 4.78 is 0. The zero-order valence-electron chi connectivity index (χ0n) is 9.60. The Morgan fingerprint density at radius 3 is 2.44 bits per heavy atom. The van der Waals surface area contributed by atoms with E-state index in [4.69, 9.17) is 5.73 Å². The van der Waals surface area contributed by atoms with Gasteiger partial charge in [0.2, 0.25) is 0 Å². The molecule has 0 bridgehead atoms. The summed E-state index contributed by atoms with van der Waals surface area (Å²) in [5.74, 6) is 0. The number of aromatic nitrogens is 1. The molecule has 2 N–H and O–H groups in total. The summed E-state index contributed by atoms with van der Waals surface area (Å²) in [5.41, 5.74) is 10.2. The molecule has 1 heterocycles. The number of nitrogens with zero attached hydrogens (tertiary/aromatic N) is 1. The largest absolute Gasteiger partial charge is 0.325 e. The van der Waals surface area contributed by atoms with Crippen molar-refractivity contribution in [3.63, 3.8) is 0 Å². The number of rotatable bonds is 3. The summed E-state index contributed by atoms with van der Waals surface area (Å²) in [6.07, 6.45) is 2.79. The van der Waals surface area contributed by atoms with Crippen molar-refractivity contribution in [1.29, 1.82) is 0 Å². The lowest BCUT2D eigenvalue weighted by Crippen LogP contribution is -2.34. The van der Waals surface area contributed by atoms with E-state index >= 15 is 0 Å². The molecule has 0 atom stereocenters. The summed E-state index contributed by atoms with van der Waals surface area (Å²) >= 11 is 1.66. The normalized spacial score (nSPS) is 11.7. The van der Waals surface area contributed by atoms with E-state index in [0.717, 1.165) is 6.42 Å². The molecule has 3 heteroatoms. The van der Waals surface area contributed by atoms with Crippen molar-refractivity contribution in [3.05, 3.63) is 41.5 Å². The van der Waals surface area contributed by atoms with E-state index in [1.807, 2.05) is 25.6 Å². The summed E-state index contributed by atoms with van der Waals surface area (Å²) in [6, 6.07) is 8.55. The van der Waals surface area contributed by atoms with Gasteiger partial charge in [-0.3, -0.25) is 4.98 Å². The SMILES string of the molecule is CC(C)(N)Cc1ccc(-c2cncs2)cc1. The quantitative estimate of drug-likeness (QED) is 0.883. The molecule has 0 aliphatic heterocycles. The Labute approximate surface area is 100 Å². The maximum absolute atomic E-state index is 5.99. The first-order valence-corrected chi connectivity index (χ1v) is 6.19. The minimum absolute atomic E-state index is 0.147. The molecule has 0 fully saturated rings. The monoisotopic (exact) mass is 232 g/mol. The minimum Gasteiger partial charge on any atom is -0.325 e. The fraction of sp³-hybridized carbons (Fsp3) is 0.308. The highest BCUT2D eigenvalue weighted by atomic mass is 32.1. The third-order valence-corrected chi connectivity index (χ3v) is 3.15. The van der Waals surface area contributed by atoms with E-state index in [1.165, 1.54) is 16.0 Å². The first kappa shape index (κ1) is 11.3. The highest BCUT2D eigenvalue weighted by Crippen LogP contribution is 2.23. The van der Waals surface area contributed by atoms with Crippen LogP contribution in [0.15, 0.2) is 36.0 Å². The molecule has 0 aliphatic rings. The van der Waals surface area contributed by atoms with Crippen LogP contribution in [-0.2, 0) is 6.42 Å². The second-order valence-electron chi connectivity index (χ2n) is 4.73. The summed E-state index contributed by atoms with van der Waals surface area (Å²) in [4.78, 5) is 5.29. The molecular formula is C13H16N2S. The molecule has 2 rings (SSSR count). The Morgan fingerprint density at radius 1 is 1.25 bits per heavy atom. The van der Waals surface area contributed by atoms with E-state index in [-0.39, 0.29) is 5.54 Å². The van der Waals surface area contributed by atoms with Crippen molar-refractivity contribution >= 4 is 11.3 Å². The molecule has 2 aromatic rings. The molecule has 0 radical (unpaired) electrons. The van der Waals surface area contributed by atoms with Crippen LogP contribution >= 0.6 is 11.3 Å². The van der Waals surface area contributed by atoms with Crippen LogP contribution in [0.5, 0.6) is 0 Å².